The summed E-state index contributed by atoms with van der Waals surface area (Å²) in [7, 11) is 0. The first-order valence-corrected chi connectivity index (χ1v) is 9.75. The number of rotatable bonds is 2. The summed E-state index contributed by atoms with van der Waals surface area (Å²) in [6.07, 6.45) is 3.61. The van der Waals surface area contributed by atoms with Crippen molar-refractivity contribution >= 4 is 29.0 Å². The Hall–Kier alpha value is -2.76. The highest BCUT2D eigenvalue weighted by atomic mass is 16.2. The van der Waals surface area contributed by atoms with Gasteiger partial charge in [0.15, 0.2) is 0 Å². The number of nitrogens with zero attached hydrogens (tertiary/aromatic N) is 2. The van der Waals surface area contributed by atoms with Crippen LogP contribution in [0.4, 0.5) is 0 Å². The van der Waals surface area contributed by atoms with Gasteiger partial charge in [0.05, 0.1) is 6.54 Å². The summed E-state index contributed by atoms with van der Waals surface area (Å²) in [5, 5.41) is 2.34. The van der Waals surface area contributed by atoms with E-state index in [1.807, 2.05) is 12.1 Å². The number of nitrogens with one attached hydrogen (secondary N) is 1. The number of allylic oxidation sites excluding steroid dienone is 1. The molecule has 4 rings (SSSR count). The normalized spacial score (nSPS) is 22.6. The number of hydrogen-bond donors (Lipinski definition) is 1. The van der Waals surface area contributed by atoms with Crippen LogP contribution in [0.5, 0.6) is 0 Å². The van der Waals surface area contributed by atoms with E-state index in [1.165, 1.54) is 11.3 Å². The maximum Gasteiger partial charge on any atom is 0.255 e. The molecule has 146 valence electrons. The lowest BCUT2D eigenvalue weighted by Gasteiger charge is -2.29. The number of fused-ring (bicyclic) bond motifs is 1. The van der Waals surface area contributed by atoms with Crippen molar-refractivity contribution < 1.29 is 14.4 Å². The number of hydrogen-bond acceptors (Lipinski definition) is 4. The van der Waals surface area contributed by atoms with E-state index < -0.39 is 6.04 Å². The zero-order valence-electron chi connectivity index (χ0n) is 16.5. The number of dihydropyridines is 1. The molecule has 3 amide bonds. The molecule has 0 spiro atoms. The molecule has 1 atom stereocenters. The lowest BCUT2D eigenvalue weighted by atomic mass is 9.83. The molecular weight excluding hydrogens is 354 g/mol. The fourth-order valence-corrected chi connectivity index (χ4v) is 4.07. The Morgan fingerprint density at radius 1 is 1.18 bits per heavy atom. The summed E-state index contributed by atoms with van der Waals surface area (Å²) in [5.41, 5.74) is 5.14. The van der Waals surface area contributed by atoms with Gasteiger partial charge in [0, 0.05) is 36.1 Å². The zero-order chi connectivity index (χ0) is 20.1. The van der Waals surface area contributed by atoms with Crippen LogP contribution >= 0.6 is 0 Å². The van der Waals surface area contributed by atoms with Gasteiger partial charge in [0.2, 0.25) is 11.8 Å². The molecule has 1 aromatic carbocycles. The van der Waals surface area contributed by atoms with Crippen molar-refractivity contribution in [3.05, 3.63) is 41.0 Å². The number of carbonyl (C=O) groups is 3. The van der Waals surface area contributed by atoms with E-state index in [9.17, 15) is 14.4 Å². The van der Waals surface area contributed by atoms with Gasteiger partial charge in [-0.15, -0.1) is 0 Å². The third-order valence-corrected chi connectivity index (χ3v) is 5.74. The van der Waals surface area contributed by atoms with Crippen molar-refractivity contribution in [1.29, 1.82) is 0 Å². The molecule has 6 nitrogen and oxygen atoms in total. The van der Waals surface area contributed by atoms with Gasteiger partial charge in [-0.1, -0.05) is 32.9 Å². The summed E-state index contributed by atoms with van der Waals surface area (Å²) in [6.45, 7) is 7.61. The molecule has 28 heavy (non-hydrogen) atoms. The Balaban J connectivity index is 1.56. The molecule has 0 aromatic heterocycles. The van der Waals surface area contributed by atoms with Crippen molar-refractivity contribution in [2.45, 2.75) is 52.6 Å². The second-order valence-corrected chi connectivity index (χ2v) is 8.72. The molecule has 1 saturated heterocycles. The smallest absolute Gasteiger partial charge is 0.255 e. The van der Waals surface area contributed by atoms with Crippen LogP contribution in [0.1, 0.15) is 61.5 Å². The molecular formula is C22H25N3O3. The zero-order valence-corrected chi connectivity index (χ0v) is 16.5. The first-order valence-electron chi connectivity index (χ1n) is 9.75. The standard InChI is InChI=1S/C22H25N3O3/c1-22(2,3)18-11-14(8-9-23-18)13-4-5-16-15(10-13)12-25(21(16)28)17-6-7-19(26)24-20(17)27/h4-5,8,10,17H,6-7,9,11-12H2,1-3H3,(H,24,26,27). The molecule has 3 aliphatic heterocycles. The highest BCUT2D eigenvalue weighted by Crippen LogP contribution is 2.33. The van der Waals surface area contributed by atoms with Crippen LogP contribution in [0.25, 0.3) is 5.57 Å². The van der Waals surface area contributed by atoms with Crippen LogP contribution in [0.3, 0.4) is 0 Å². The molecule has 1 unspecified atom stereocenters. The lowest BCUT2D eigenvalue weighted by Crippen LogP contribution is -2.52. The van der Waals surface area contributed by atoms with Crippen molar-refractivity contribution in [3.8, 4) is 0 Å². The van der Waals surface area contributed by atoms with Crippen LogP contribution in [0, 0.1) is 5.41 Å². The maximum atomic E-state index is 12.8. The average Bonchev–Trinajstić information content (AvgIpc) is 2.97. The minimum absolute atomic E-state index is 0.0365. The van der Waals surface area contributed by atoms with Gasteiger partial charge >= 0.3 is 0 Å². The molecule has 1 aromatic rings. The highest BCUT2D eigenvalue weighted by Gasteiger charge is 2.39. The monoisotopic (exact) mass is 379 g/mol. The van der Waals surface area contributed by atoms with Gasteiger partial charge in [0.1, 0.15) is 6.04 Å². The summed E-state index contributed by atoms with van der Waals surface area (Å²) in [5.74, 6) is -0.780. The predicted octanol–water partition coefficient (Wildman–Crippen LogP) is 2.72. The predicted molar refractivity (Wildman–Crippen MR) is 107 cm³/mol. The summed E-state index contributed by atoms with van der Waals surface area (Å²) in [4.78, 5) is 42.7. The second-order valence-electron chi connectivity index (χ2n) is 8.72. The summed E-state index contributed by atoms with van der Waals surface area (Å²) < 4.78 is 0. The van der Waals surface area contributed by atoms with Crippen LogP contribution in [0.2, 0.25) is 0 Å². The molecule has 0 aliphatic carbocycles. The van der Waals surface area contributed by atoms with Crippen molar-refractivity contribution in [2.24, 2.45) is 10.4 Å². The fraction of sp³-hybridized carbons (Fsp3) is 0.455. The van der Waals surface area contributed by atoms with Gasteiger partial charge < -0.3 is 4.90 Å². The molecule has 3 aliphatic rings. The highest BCUT2D eigenvalue weighted by molar-refractivity contribution is 6.06. The number of imide groups is 1. The van der Waals surface area contributed by atoms with E-state index in [0.717, 1.165) is 17.5 Å². The van der Waals surface area contributed by atoms with E-state index in [0.29, 0.717) is 25.1 Å². The number of piperidine rings is 1. The Morgan fingerprint density at radius 2 is 1.96 bits per heavy atom. The summed E-state index contributed by atoms with van der Waals surface area (Å²) in [6, 6.07) is 5.34. The van der Waals surface area contributed by atoms with E-state index in [4.69, 9.17) is 0 Å². The van der Waals surface area contributed by atoms with Crippen LogP contribution in [-0.2, 0) is 16.1 Å². The number of aliphatic imine (C=N–C) groups is 1. The van der Waals surface area contributed by atoms with Crippen molar-refractivity contribution in [3.63, 3.8) is 0 Å². The van der Waals surface area contributed by atoms with E-state index in [1.54, 1.807) is 4.90 Å². The molecule has 1 N–H and O–H groups in total. The fourth-order valence-electron chi connectivity index (χ4n) is 4.07. The van der Waals surface area contributed by atoms with Crippen molar-refractivity contribution in [2.75, 3.05) is 6.54 Å². The molecule has 0 saturated carbocycles. The first-order chi connectivity index (χ1) is 13.2. The maximum absolute atomic E-state index is 12.8. The van der Waals surface area contributed by atoms with Crippen LogP contribution < -0.4 is 5.32 Å². The lowest BCUT2D eigenvalue weighted by molar-refractivity contribution is -0.136. The largest absolute Gasteiger partial charge is 0.322 e. The average molecular weight is 379 g/mol. The number of carbonyl (C=O) groups excluding carboxylic acids is 3. The SMILES string of the molecule is CC(C)(C)C1=NCC=C(c2ccc3c(c2)CN(C2CCC(=O)NC2=O)C3=O)C1. The Labute approximate surface area is 164 Å². The first kappa shape index (κ1) is 18.6. The van der Waals surface area contributed by atoms with Crippen LogP contribution in [0.15, 0.2) is 29.3 Å². The molecule has 0 bridgehead atoms. The van der Waals surface area contributed by atoms with E-state index in [2.05, 4.69) is 43.2 Å². The third kappa shape index (κ3) is 3.28. The molecule has 3 heterocycles. The number of benzene rings is 1. The van der Waals surface area contributed by atoms with Gasteiger partial charge in [-0.05, 0) is 35.3 Å². The second kappa shape index (κ2) is 6.69. The van der Waals surface area contributed by atoms with E-state index in [-0.39, 0.29) is 29.6 Å². The van der Waals surface area contributed by atoms with Gasteiger partial charge in [-0.25, -0.2) is 0 Å². The van der Waals surface area contributed by atoms with Gasteiger partial charge in [-0.3, -0.25) is 24.7 Å². The summed E-state index contributed by atoms with van der Waals surface area (Å²) >= 11 is 0. The quantitative estimate of drug-likeness (QED) is 0.803. The Morgan fingerprint density at radius 3 is 2.68 bits per heavy atom. The Kier molecular flexibility index (Phi) is 4.44. The Bertz CT molecular complexity index is 937. The third-order valence-electron chi connectivity index (χ3n) is 5.74. The molecule has 0 radical (unpaired) electrons. The van der Waals surface area contributed by atoms with Gasteiger partial charge in [-0.2, -0.15) is 0 Å². The van der Waals surface area contributed by atoms with Crippen molar-refractivity contribution in [1.82, 2.24) is 10.2 Å². The number of amides is 3. The minimum Gasteiger partial charge on any atom is -0.322 e. The minimum atomic E-state index is -0.574. The van der Waals surface area contributed by atoms with E-state index >= 15 is 0 Å². The topological polar surface area (TPSA) is 78.8 Å². The van der Waals surface area contributed by atoms with Crippen LogP contribution in [-0.4, -0.2) is 40.9 Å². The molecule has 1 fully saturated rings. The van der Waals surface area contributed by atoms with Gasteiger partial charge in [0.25, 0.3) is 5.91 Å². The molecule has 6 heteroatoms.